The molecule has 0 unspecified atom stereocenters. The number of aromatic nitrogens is 2. The molecule has 0 spiro atoms. The number of nitrogens with zero attached hydrogens (tertiary/aromatic N) is 3. The summed E-state index contributed by atoms with van der Waals surface area (Å²) in [5.41, 5.74) is 2.40. The van der Waals surface area contributed by atoms with E-state index in [1.54, 1.807) is 12.3 Å². The molecule has 94 valence electrons. The molecule has 0 aliphatic heterocycles. The summed E-state index contributed by atoms with van der Waals surface area (Å²) in [6.07, 6.45) is 2.04. The van der Waals surface area contributed by atoms with Crippen molar-refractivity contribution in [3.63, 3.8) is 0 Å². The maximum Gasteiger partial charge on any atom is 0.137 e. The molecule has 0 aliphatic carbocycles. The van der Waals surface area contributed by atoms with E-state index in [-0.39, 0.29) is 6.42 Å². The van der Waals surface area contributed by atoms with E-state index in [9.17, 15) is 0 Å². The zero-order valence-corrected chi connectivity index (χ0v) is 11.9. The molecule has 0 N–H and O–H groups in total. The summed E-state index contributed by atoms with van der Waals surface area (Å²) in [6.45, 7) is 0. The van der Waals surface area contributed by atoms with Gasteiger partial charge >= 0.3 is 0 Å². The van der Waals surface area contributed by atoms with Gasteiger partial charge in [-0.15, -0.1) is 11.3 Å². The second kappa shape index (κ2) is 4.86. The lowest BCUT2D eigenvalue weighted by Gasteiger charge is -1.99. The number of imidazole rings is 1. The number of hydrogen-bond acceptors (Lipinski definition) is 3. The normalized spacial score (nSPS) is 10.8. The minimum atomic E-state index is 0.270. The molecule has 0 amide bonds. The van der Waals surface area contributed by atoms with Gasteiger partial charge in [-0.05, 0) is 24.3 Å². The third-order valence-electron chi connectivity index (χ3n) is 2.73. The van der Waals surface area contributed by atoms with Crippen LogP contribution in [0.3, 0.4) is 0 Å². The molecule has 3 aromatic rings. The third kappa shape index (κ3) is 2.21. The van der Waals surface area contributed by atoms with E-state index < -0.39 is 0 Å². The van der Waals surface area contributed by atoms with Crippen LogP contribution in [0.15, 0.2) is 30.5 Å². The molecular formula is C13H7Cl2N3S. The van der Waals surface area contributed by atoms with Gasteiger partial charge in [-0.2, -0.15) is 5.26 Å². The first-order valence-corrected chi connectivity index (χ1v) is 7.05. The second-order valence-electron chi connectivity index (χ2n) is 3.92. The lowest BCUT2D eigenvalue weighted by molar-refractivity contribution is 1.06. The molecule has 0 bridgehead atoms. The van der Waals surface area contributed by atoms with Crippen molar-refractivity contribution >= 4 is 40.2 Å². The van der Waals surface area contributed by atoms with E-state index >= 15 is 0 Å². The number of halogens is 2. The first-order valence-electron chi connectivity index (χ1n) is 5.48. The van der Waals surface area contributed by atoms with Gasteiger partial charge in [0.15, 0.2) is 0 Å². The second-order valence-corrected chi connectivity index (χ2v) is 6.07. The highest BCUT2D eigenvalue weighted by molar-refractivity contribution is 7.19. The highest BCUT2D eigenvalue weighted by atomic mass is 35.5. The predicted octanol–water partition coefficient (Wildman–Crippen LogP) is 4.44. The van der Waals surface area contributed by atoms with Crippen molar-refractivity contribution in [1.29, 1.82) is 5.26 Å². The van der Waals surface area contributed by atoms with Crippen molar-refractivity contribution in [2.45, 2.75) is 6.42 Å². The van der Waals surface area contributed by atoms with Crippen LogP contribution in [-0.4, -0.2) is 9.38 Å². The molecule has 0 fully saturated rings. The Hall–Kier alpha value is -1.54. The summed E-state index contributed by atoms with van der Waals surface area (Å²) < 4.78 is 2.56. The average molecular weight is 308 g/mol. The zero-order chi connectivity index (χ0) is 13.4. The van der Waals surface area contributed by atoms with Crippen molar-refractivity contribution < 1.29 is 0 Å². The predicted molar refractivity (Wildman–Crippen MR) is 77.8 cm³/mol. The van der Waals surface area contributed by atoms with E-state index in [4.69, 9.17) is 28.5 Å². The van der Waals surface area contributed by atoms with Gasteiger partial charge in [-0.3, -0.25) is 0 Å². The Morgan fingerprint density at radius 1 is 1.26 bits per heavy atom. The van der Waals surface area contributed by atoms with Crippen LogP contribution in [0.2, 0.25) is 9.36 Å². The minimum absolute atomic E-state index is 0.270. The Morgan fingerprint density at radius 3 is 2.79 bits per heavy atom. The standard InChI is InChI=1S/C13H7Cl2N3S/c14-8-1-4-12-17-13(10-2-3-11(15)19-10)9(5-6-16)18(12)7-8/h1-4,7H,5H2. The maximum absolute atomic E-state index is 9.00. The van der Waals surface area contributed by atoms with E-state index in [0.29, 0.717) is 9.36 Å². The van der Waals surface area contributed by atoms with E-state index in [1.807, 2.05) is 22.6 Å². The summed E-state index contributed by atoms with van der Waals surface area (Å²) in [6, 6.07) is 9.53. The molecular weight excluding hydrogens is 301 g/mol. The number of rotatable bonds is 2. The van der Waals surface area contributed by atoms with Crippen LogP contribution in [-0.2, 0) is 6.42 Å². The van der Waals surface area contributed by atoms with Crippen LogP contribution in [0.25, 0.3) is 16.2 Å². The minimum Gasteiger partial charge on any atom is -0.301 e. The van der Waals surface area contributed by atoms with Crippen LogP contribution in [0.4, 0.5) is 0 Å². The van der Waals surface area contributed by atoms with E-state index in [1.165, 1.54) is 11.3 Å². The molecule has 0 aliphatic rings. The van der Waals surface area contributed by atoms with Gasteiger partial charge in [-0.25, -0.2) is 4.98 Å². The van der Waals surface area contributed by atoms with Gasteiger partial charge in [0.25, 0.3) is 0 Å². The number of pyridine rings is 1. The third-order valence-corrected chi connectivity index (χ3v) is 4.20. The lowest BCUT2D eigenvalue weighted by Crippen LogP contribution is -1.92. The van der Waals surface area contributed by atoms with Crippen LogP contribution < -0.4 is 0 Å². The molecule has 3 aromatic heterocycles. The van der Waals surface area contributed by atoms with Gasteiger partial charge in [-0.1, -0.05) is 23.2 Å². The highest BCUT2D eigenvalue weighted by Gasteiger charge is 2.15. The fraction of sp³-hybridized carbons (Fsp3) is 0.0769. The van der Waals surface area contributed by atoms with Crippen molar-refractivity contribution in [2.24, 2.45) is 0 Å². The number of nitriles is 1. The van der Waals surface area contributed by atoms with Gasteiger partial charge in [0.05, 0.1) is 32.4 Å². The molecule has 0 atom stereocenters. The van der Waals surface area contributed by atoms with E-state index in [2.05, 4.69) is 11.1 Å². The average Bonchev–Trinajstić information content (AvgIpc) is 2.95. The summed E-state index contributed by atoms with van der Waals surface area (Å²) in [5.74, 6) is 0. The van der Waals surface area contributed by atoms with Crippen LogP contribution in [0.5, 0.6) is 0 Å². The largest absolute Gasteiger partial charge is 0.301 e. The SMILES string of the molecule is N#CCc1c(-c2ccc(Cl)s2)nc2ccc(Cl)cn12. The molecule has 0 radical (unpaired) electrons. The van der Waals surface area contributed by atoms with Crippen molar-refractivity contribution in [3.8, 4) is 16.6 Å². The van der Waals surface area contributed by atoms with Gasteiger partial charge < -0.3 is 4.40 Å². The summed E-state index contributed by atoms with van der Waals surface area (Å²) >= 11 is 13.4. The molecule has 19 heavy (non-hydrogen) atoms. The Labute approximate surface area is 123 Å². The lowest BCUT2D eigenvalue weighted by atomic mass is 10.2. The summed E-state index contributed by atoms with van der Waals surface area (Å²) in [7, 11) is 0. The van der Waals surface area contributed by atoms with Gasteiger partial charge in [0.2, 0.25) is 0 Å². The van der Waals surface area contributed by atoms with Crippen molar-refractivity contribution in [1.82, 2.24) is 9.38 Å². The van der Waals surface area contributed by atoms with Crippen LogP contribution >= 0.6 is 34.5 Å². The fourth-order valence-corrected chi connectivity index (χ4v) is 3.17. The topological polar surface area (TPSA) is 41.1 Å². The first kappa shape index (κ1) is 12.5. The fourth-order valence-electron chi connectivity index (χ4n) is 1.95. The van der Waals surface area contributed by atoms with Crippen LogP contribution in [0.1, 0.15) is 5.69 Å². The monoisotopic (exact) mass is 307 g/mol. The number of fused-ring (bicyclic) bond motifs is 1. The van der Waals surface area contributed by atoms with Crippen molar-refractivity contribution in [2.75, 3.05) is 0 Å². The van der Waals surface area contributed by atoms with Gasteiger partial charge in [0, 0.05) is 6.20 Å². The van der Waals surface area contributed by atoms with E-state index in [0.717, 1.165) is 21.9 Å². The Bertz CT molecular complexity index is 798. The Balaban J connectivity index is 2.29. The zero-order valence-electron chi connectivity index (χ0n) is 9.60. The Kier molecular flexibility index (Phi) is 3.19. The number of thiophene rings is 1. The van der Waals surface area contributed by atoms with Crippen molar-refractivity contribution in [3.05, 3.63) is 45.5 Å². The molecule has 0 saturated heterocycles. The van der Waals surface area contributed by atoms with Gasteiger partial charge in [0.1, 0.15) is 11.3 Å². The molecule has 0 aromatic carbocycles. The summed E-state index contributed by atoms with van der Waals surface area (Å²) in [4.78, 5) is 5.51. The molecule has 0 saturated carbocycles. The summed E-state index contributed by atoms with van der Waals surface area (Å²) in [5, 5.41) is 9.61. The molecule has 6 heteroatoms. The maximum atomic E-state index is 9.00. The number of hydrogen-bond donors (Lipinski definition) is 0. The molecule has 3 rings (SSSR count). The molecule has 3 heterocycles. The smallest absolute Gasteiger partial charge is 0.137 e. The molecule has 3 nitrogen and oxygen atoms in total. The Morgan fingerprint density at radius 2 is 2.11 bits per heavy atom. The quantitative estimate of drug-likeness (QED) is 0.702. The highest BCUT2D eigenvalue weighted by Crippen LogP contribution is 2.33. The van der Waals surface area contributed by atoms with Crippen LogP contribution in [0, 0.1) is 11.3 Å². The first-order chi connectivity index (χ1) is 9.19.